The third kappa shape index (κ3) is 4.47. The van der Waals surface area contributed by atoms with Gasteiger partial charge in [-0.05, 0) is 45.9 Å². The molecule has 0 aliphatic heterocycles. The molecule has 0 aliphatic rings. The highest BCUT2D eigenvalue weighted by molar-refractivity contribution is 6.02. The molecule has 0 fully saturated rings. The maximum Gasteiger partial charge on any atom is 0.573 e. The van der Waals surface area contributed by atoms with Gasteiger partial charge in [-0.3, -0.25) is 9.59 Å². The van der Waals surface area contributed by atoms with Crippen molar-refractivity contribution in [2.24, 2.45) is 0 Å². The number of carbonyl (C=O) groups excluding carboxylic acids is 2. The van der Waals surface area contributed by atoms with E-state index in [1.807, 2.05) is 27.7 Å². The maximum atomic E-state index is 12.5. The fraction of sp³-hybridized carbons (Fsp3) is 0.467. The predicted molar refractivity (Wildman–Crippen MR) is 75.0 cm³/mol. The number of alkyl halides is 3. The maximum absolute atomic E-state index is 12.5. The lowest BCUT2D eigenvalue weighted by Crippen LogP contribution is -2.42. The Morgan fingerprint density at radius 1 is 1.18 bits per heavy atom. The van der Waals surface area contributed by atoms with Gasteiger partial charge in [-0.15, -0.1) is 13.2 Å². The molecule has 0 aromatic heterocycles. The van der Waals surface area contributed by atoms with E-state index in [4.69, 9.17) is 0 Å². The van der Waals surface area contributed by atoms with Crippen LogP contribution in [0.3, 0.4) is 0 Å². The van der Waals surface area contributed by atoms with Crippen LogP contribution in [0.1, 0.15) is 48.4 Å². The monoisotopic (exact) mass is 317 g/mol. The highest BCUT2D eigenvalue weighted by atomic mass is 19.4. The van der Waals surface area contributed by atoms with Gasteiger partial charge >= 0.3 is 6.36 Å². The van der Waals surface area contributed by atoms with Crippen LogP contribution in [0.4, 0.5) is 13.2 Å². The lowest BCUT2D eigenvalue weighted by atomic mass is 10.0. The van der Waals surface area contributed by atoms with Gasteiger partial charge in [-0.2, -0.15) is 0 Å². The molecule has 22 heavy (non-hydrogen) atoms. The number of ether oxygens (including phenoxy) is 1. The van der Waals surface area contributed by atoms with E-state index in [0.717, 1.165) is 12.1 Å². The highest BCUT2D eigenvalue weighted by Gasteiger charge is 2.32. The second-order valence-electron chi connectivity index (χ2n) is 5.31. The molecular weight excluding hydrogens is 299 g/mol. The molecule has 0 saturated carbocycles. The molecule has 0 heterocycles. The summed E-state index contributed by atoms with van der Waals surface area (Å²) in [6.07, 6.45) is -4.51. The van der Waals surface area contributed by atoms with Crippen molar-refractivity contribution in [3.8, 4) is 5.75 Å². The summed E-state index contributed by atoms with van der Waals surface area (Å²) in [5.74, 6) is -0.947. The number of amides is 1. The molecule has 0 N–H and O–H groups in total. The highest BCUT2D eigenvalue weighted by Crippen LogP contribution is 2.25. The number of halogens is 3. The number of aldehydes is 1. The van der Waals surface area contributed by atoms with Gasteiger partial charge in [0.25, 0.3) is 5.91 Å². The fourth-order valence-corrected chi connectivity index (χ4v) is 2.23. The Balaban J connectivity index is 3.20. The number of nitrogens with zero attached hydrogens (tertiary/aromatic N) is 1. The first-order valence-corrected chi connectivity index (χ1v) is 6.74. The molecule has 0 aliphatic carbocycles. The van der Waals surface area contributed by atoms with E-state index in [0.29, 0.717) is 6.29 Å². The van der Waals surface area contributed by atoms with Crippen LogP contribution in [0.5, 0.6) is 5.75 Å². The molecule has 0 unspecified atom stereocenters. The average Bonchev–Trinajstić information content (AvgIpc) is 2.35. The van der Waals surface area contributed by atoms with Crippen LogP contribution >= 0.6 is 0 Å². The third-order valence-corrected chi connectivity index (χ3v) is 2.96. The molecule has 0 spiro atoms. The molecule has 0 radical (unpaired) electrons. The van der Waals surface area contributed by atoms with Gasteiger partial charge in [0.2, 0.25) is 0 Å². The van der Waals surface area contributed by atoms with Crippen molar-refractivity contribution in [3.63, 3.8) is 0 Å². The van der Waals surface area contributed by atoms with Gasteiger partial charge in [-0.25, -0.2) is 0 Å². The predicted octanol–water partition coefficient (Wildman–Crippen LogP) is 3.66. The quantitative estimate of drug-likeness (QED) is 0.779. The zero-order chi connectivity index (χ0) is 17.1. The van der Waals surface area contributed by atoms with Crippen molar-refractivity contribution in [1.82, 2.24) is 4.90 Å². The largest absolute Gasteiger partial charge is 0.573 e. The Hall–Kier alpha value is -2.05. The van der Waals surface area contributed by atoms with Crippen molar-refractivity contribution in [2.45, 2.75) is 46.1 Å². The zero-order valence-corrected chi connectivity index (χ0v) is 12.8. The van der Waals surface area contributed by atoms with Crippen LogP contribution in [0.25, 0.3) is 0 Å². The van der Waals surface area contributed by atoms with Crippen molar-refractivity contribution in [1.29, 1.82) is 0 Å². The summed E-state index contributed by atoms with van der Waals surface area (Å²) < 4.78 is 40.3. The Labute approximate surface area is 126 Å². The minimum atomic E-state index is -4.85. The zero-order valence-electron chi connectivity index (χ0n) is 12.8. The van der Waals surface area contributed by atoms with Gasteiger partial charge in [-0.1, -0.05) is 0 Å². The molecular formula is C15H18F3NO3. The number of hydrogen-bond acceptors (Lipinski definition) is 3. The van der Waals surface area contributed by atoms with E-state index in [-0.39, 0.29) is 23.2 Å². The lowest BCUT2D eigenvalue weighted by molar-refractivity contribution is -0.274. The van der Waals surface area contributed by atoms with E-state index in [9.17, 15) is 22.8 Å². The summed E-state index contributed by atoms with van der Waals surface area (Å²) in [5.41, 5.74) is -0.0926. The molecule has 0 bridgehead atoms. The molecule has 1 aromatic carbocycles. The smallest absolute Gasteiger partial charge is 0.406 e. The van der Waals surface area contributed by atoms with Crippen LogP contribution in [-0.4, -0.2) is 35.5 Å². The van der Waals surface area contributed by atoms with Crippen LogP contribution in [0, 0.1) is 0 Å². The molecule has 7 heteroatoms. The molecule has 1 amide bonds. The molecule has 122 valence electrons. The average molecular weight is 317 g/mol. The number of benzene rings is 1. The fourth-order valence-electron chi connectivity index (χ4n) is 2.23. The minimum absolute atomic E-state index is 0.0481. The van der Waals surface area contributed by atoms with Crippen LogP contribution in [-0.2, 0) is 0 Å². The summed E-state index contributed by atoms with van der Waals surface area (Å²) in [6, 6.07) is 2.88. The Bertz CT molecular complexity index is 545. The second kappa shape index (κ2) is 6.81. The molecule has 1 rings (SSSR count). The first-order chi connectivity index (χ1) is 10.1. The standard InChI is InChI=1S/C15H18F3NO3/c1-9(2)19(10(3)4)14(21)13-6-5-12(7-11(13)8-20)22-15(16,17)18/h5-10H,1-4H3. The molecule has 0 saturated heterocycles. The Morgan fingerprint density at radius 3 is 2.14 bits per heavy atom. The second-order valence-corrected chi connectivity index (χ2v) is 5.31. The van der Waals surface area contributed by atoms with Crippen molar-refractivity contribution < 1.29 is 27.5 Å². The van der Waals surface area contributed by atoms with Gasteiger partial charge in [0, 0.05) is 17.6 Å². The van der Waals surface area contributed by atoms with E-state index in [2.05, 4.69) is 4.74 Å². The third-order valence-electron chi connectivity index (χ3n) is 2.96. The van der Waals surface area contributed by atoms with Crippen LogP contribution < -0.4 is 4.74 Å². The summed E-state index contributed by atoms with van der Waals surface area (Å²) in [7, 11) is 0. The van der Waals surface area contributed by atoms with Crippen molar-refractivity contribution >= 4 is 12.2 Å². The van der Waals surface area contributed by atoms with Gasteiger partial charge in [0.05, 0.1) is 5.56 Å². The summed E-state index contributed by atoms with van der Waals surface area (Å²) in [4.78, 5) is 25.2. The first-order valence-electron chi connectivity index (χ1n) is 6.74. The van der Waals surface area contributed by atoms with Crippen LogP contribution in [0.2, 0.25) is 0 Å². The van der Waals surface area contributed by atoms with Crippen molar-refractivity contribution in [3.05, 3.63) is 29.3 Å². The Kier molecular flexibility index (Phi) is 5.57. The summed E-state index contributed by atoms with van der Waals surface area (Å²) >= 11 is 0. The molecule has 0 atom stereocenters. The Morgan fingerprint density at radius 2 is 1.73 bits per heavy atom. The van der Waals surface area contributed by atoms with Gasteiger partial charge < -0.3 is 9.64 Å². The topological polar surface area (TPSA) is 46.6 Å². The normalized spacial score (nSPS) is 11.7. The van der Waals surface area contributed by atoms with Gasteiger partial charge in [0.15, 0.2) is 6.29 Å². The lowest BCUT2D eigenvalue weighted by Gasteiger charge is -2.31. The summed E-state index contributed by atoms with van der Waals surface area (Å²) in [5, 5.41) is 0. The van der Waals surface area contributed by atoms with E-state index in [1.54, 1.807) is 4.90 Å². The van der Waals surface area contributed by atoms with Crippen LogP contribution in [0.15, 0.2) is 18.2 Å². The van der Waals surface area contributed by atoms with Crippen molar-refractivity contribution in [2.75, 3.05) is 0 Å². The molecule has 4 nitrogen and oxygen atoms in total. The molecule has 1 aromatic rings. The first kappa shape index (κ1) is 18.0. The number of carbonyl (C=O) groups is 2. The summed E-state index contributed by atoms with van der Waals surface area (Å²) in [6.45, 7) is 7.28. The van der Waals surface area contributed by atoms with E-state index >= 15 is 0 Å². The SMILES string of the molecule is CC(C)N(C(=O)c1ccc(OC(F)(F)F)cc1C=O)C(C)C. The van der Waals surface area contributed by atoms with E-state index in [1.165, 1.54) is 6.07 Å². The minimum Gasteiger partial charge on any atom is -0.406 e. The number of hydrogen-bond donors (Lipinski definition) is 0. The van der Waals surface area contributed by atoms with Gasteiger partial charge in [0.1, 0.15) is 5.75 Å². The van der Waals surface area contributed by atoms with E-state index < -0.39 is 18.0 Å². The number of rotatable bonds is 5.